The maximum absolute atomic E-state index is 6.27. The van der Waals surface area contributed by atoms with E-state index in [4.69, 9.17) is 16.3 Å². The van der Waals surface area contributed by atoms with E-state index in [-0.39, 0.29) is 6.10 Å². The van der Waals surface area contributed by atoms with Crippen molar-refractivity contribution in [3.63, 3.8) is 0 Å². The summed E-state index contributed by atoms with van der Waals surface area (Å²) in [6.07, 6.45) is 3.85. The summed E-state index contributed by atoms with van der Waals surface area (Å²) in [6.45, 7) is 6.26. The second-order valence-electron chi connectivity index (χ2n) is 6.48. The fourth-order valence-corrected chi connectivity index (χ4v) is 3.41. The van der Waals surface area contributed by atoms with Crippen LogP contribution < -0.4 is 4.90 Å². The lowest BCUT2D eigenvalue weighted by atomic mass is 10.1. The molecule has 0 aliphatic carbocycles. The first-order valence-electron chi connectivity index (χ1n) is 8.31. The Bertz CT molecular complexity index is 939. The van der Waals surface area contributed by atoms with Crippen molar-refractivity contribution in [1.82, 2.24) is 19.7 Å². The van der Waals surface area contributed by atoms with Crippen molar-refractivity contribution in [2.24, 2.45) is 7.05 Å². The zero-order chi connectivity index (χ0) is 17.6. The van der Waals surface area contributed by atoms with E-state index in [1.54, 1.807) is 4.68 Å². The molecule has 4 heterocycles. The molecule has 3 aromatic rings. The van der Waals surface area contributed by atoms with E-state index in [0.717, 1.165) is 41.0 Å². The van der Waals surface area contributed by atoms with Gasteiger partial charge in [-0.2, -0.15) is 5.10 Å². The number of aromatic nitrogens is 4. The zero-order valence-electron chi connectivity index (χ0n) is 14.5. The van der Waals surface area contributed by atoms with E-state index in [2.05, 4.69) is 33.0 Å². The molecule has 6 nitrogen and oxygen atoms in total. The Kier molecular flexibility index (Phi) is 4.09. The topological polar surface area (TPSA) is 56.1 Å². The lowest BCUT2D eigenvalue weighted by molar-refractivity contribution is 0.0398. The Balaban J connectivity index is 1.74. The van der Waals surface area contributed by atoms with Gasteiger partial charge in [0.2, 0.25) is 0 Å². The quantitative estimate of drug-likeness (QED) is 0.659. The summed E-state index contributed by atoms with van der Waals surface area (Å²) in [7, 11) is 1.91. The summed E-state index contributed by atoms with van der Waals surface area (Å²) < 4.78 is 7.75. The minimum absolute atomic E-state index is 0.0102. The minimum atomic E-state index is -0.0102. The number of hydrogen-bond acceptors (Lipinski definition) is 5. The van der Waals surface area contributed by atoms with Crippen LogP contribution in [0.1, 0.15) is 22.9 Å². The largest absolute Gasteiger partial charge is 0.370 e. The molecule has 1 fully saturated rings. The van der Waals surface area contributed by atoms with Gasteiger partial charge in [0.05, 0.1) is 18.5 Å². The summed E-state index contributed by atoms with van der Waals surface area (Å²) in [4.78, 5) is 11.3. The molecule has 0 saturated carbocycles. The molecule has 130 valence electrons. The molecule has 25 heavy (non-hydrogen) atoms. The van der Waals surface area contributed by atoms with Crippen molar-refractivity contribution in [2.75, 3.05) is 24.6 Å². The van der Waals surface area contributed by atoms with Crippen LogP contribution in [-0.2, 0) is 11.8 Å². The smallest absolute Gasteiger partial charge is 0.163 e. The standard InChI is InChI=1S/C18H20ClN5O/c1-11-6-14-15(7-17(19)22-18(14)21-12(11)2)24-4-5-25-16(10-24)13-8-20-23(3)9-13/h6-9,16H,4-5,10H2,1-3H3/t16-/m1/s1. The molecule has 7 heteroatoms. The third kappa shape index (κ3) is 3.07. The average molecular weight is 358 g/mol. The fourth-order valence-electron chi connectivity index (χ4n) is 3.23. The van der Waals surface area contributed by atoms with Gasteiger partial charge in [0.25, 0.3) is 0 Å². The summed E-state index contributed by atoms with van der Waals surface area (Å²) in [5.74, 6) is 0. The van der Waals surface area contributed by atoms with Crippen LogP contribution in [0, 0.1) is 13.8 Å². The predicted octanol–water partition coefficient (Wildman–Crippen LogP) is 3.21. The van der Waals surface area contributed by atoms with Crippen molar-refractivity contribution >= 4 is 28.3 Å². The van der Waals surface area contributed by atoms with Gasteiger partial charge in [-0.15, -0.1) is 0 Å². The van der Waals surface area contributed by atoms with Crippen molar-refractivity contribution in [3.05, 3.63) is 46.5 Å². The van der Waals surface area contributed by atoms with Crippen molar-refractivity contribution in [1.29, 1.82) is 0 Å². The van der Waals surface area contributed by atoms with Crippen LogP contribution >= 0.6 is 11.6 Å². The molecule has 0 aromatic carbocycles. The van der Waals surface area contributed by atoms with Crippen LogP contribution in [0.15, 0.2) is 24.5 Å². The number of aryl methyl sites for hydroxylation is 3. The van der Waals surface area contributed by atoms with Gasteiger partial charge < -0.3 is 9.64 Å². The minimum Gasteiger partial charge on any atom is -0.370 e. The molecular formula is C18H20ClN5O. The highest BCUT2D eigenvalue weighted by molar-refractivity contribution is 6.30. The fraction of sp³-hybridized carbons (Fsp3) is 0.389. The molecule has 0 radical (unpaired) electrons. The molecule has 0 amide bonds. The summed E-state index contributed by atoms with van der Waals surface area (Å²) in [5.41, 5.74) is 4.96. The summed E-state index contributed by atoms with van der Waals surface area (Å²) in [5, 5.41) is 5.74. The number of morpholine rings is 1. The number of pyridine rings is 2. The monoisotopic (exact) mass is 357 g/mol. The average Bonchev–Trinajstić information content (AvgIpc) is 3.02. The van der Waals surface area contributed by atoms with Crippen LogP contribution in [0.25, 0.3) is 11.0 Å². The second-order valence-corrected chi connectivity index (χ2v) is 6.87. The highest BCUT2D eigenvalue weighted by Gasteiger charge is 2.25. The van der Waals surface area contributed by atoms with E-state index in [9.17, 15) is 0 Å². The first-order valence-corrected chi connectivity index (χ1v) is 8.68. The Morgan fingerprint density at radius 1 is 1.24 bits per heavy atom. The number of anilines is 1. The molecule has 1 atom stereocenters. The first-order chi connectivity index (χ1) is 12.0. The number of nitrogens with zero attached hydrogens (tertiary/aromatic N) is 5. The number of fused-ring (bicyclic) bond motifs is 1. The first kappa shape index (κ1) is 16.3. The number of hydrogen-bond donors (Lipinski definition) is 0. The highest BCUT2D eigenvalue weighted by Crippen LogP contribution is 2.32. The van der Waals surface area contributed by atoms with Crippen molar-refractivity contribution in [3.8, 4) is 0 Å². The van der Waals surface area contributed by atoms with Crippen molar-refractivity contribution in [2.45, 2.75) is 20.0 Å². The summed E-state index contributed by atoms with van der Waals surface area (Å²) >= 11 is 6.27. The Morgan fingerprint density at radius 3 is 2.84 bits per heavy atom. The van der Waals surface area contributed by atoms with Crippen LogP contribution in [-0.4, -0.2) is 39.4 Å². The van der Waals surface area contributed by atoms with Gasteiger partial charge in [0.15, 0.2) is 5.65 Å². The Hall–Kier alpha value is -2.18. The van der Waals surface area contributed by atoms with Crippen molar-refractivity contribution < 1.29 is 4.74 Å². The molecule has 1 aliphatic rings. The van der Waals surface area contributed by atoms with Gasteiger partial charge in [-0.25, -0.2) is 9.97 Å². The number of ether oxygens (including phenoxy) is 1. The molecule has 0 N–H and O–H groups in total. The molecule has 0 spiro atoms. The van der Waals surface area contributed by atoms with Gasteiger partial charge in [0, 0.05) is 43.0 Å². The number of rotatable bonds is 2. The molecule has 1 saturated heterocycles. The molecule has 0 unspecified atom stereocenters. The predicted molar refractivity (Wildman–Crippen MR) is 98.1 cm³/mol. The maximum Gasteiger partial charge on any atom is 0.163 e. The van der Waals surface area contributed by atoms with E-state index < -0.39 is 0 Å². The lowest BCUT2D eigenvalue weighted by Gasteiger charge is -2.34. The van der Waals surface area contributed by atoms with Gasteiger partial charge in [-0.1, -0.05) is 11.6 Å². The third-order valence-corrected chi connectivity index (χ3v) is 4.89. The molecule has 1 aliphatic heterocycles. The number of halogens is 1. The Morgan fingerprint density at radius 2 is 2.08 bits per heavy atom. The second kappa shape index (κ2) is 6.28. The van der Waals surface area contributed by atoms with E-state index >= 15 is 0 Å². The van der Waals surface area contributed by atoms with Crippen LogP contribution in [0.5, 0.6) is 0 Å². The summed E-state index contributed by atoms with van der Waals surface area (Å²) in [6, 6.07) is 4.07. The highest BCUT2D eigenvalue weighted by atomic mass is 35.5. The van der Waals surface area contributed by atoms with Gasteiger partial charge in [-0.3, -0.25) is 4.68 Å². The van der Waals surface area contributed by atoms with Gasteiger partial charge in [0.1, 0.15) is 11.3 Å². The maximum atomic E-state index is 6.27. The van der Waals surface area contributed by atoms with Gasteiger partial charge >= 0.3 is 0 Å². The van der Waals surface area contributed by atoms with Crippen LogP contribution in [0.4, 0.5) is 5.69 Å². The van der Waals surface area contributed by atoms with E-state index in [1.165, 1.54) is 0 Å². The van der Waals surface area contributed by atoms with Crippen LogP contribution in [0.2, 0.25) is 5.15 Å². The molecule has 3 aromatic heterocycles. The molecule has 0 bridgehead atoms. The SMILES string of the molecule is Cc1cc2c(N3CCO[C@@H](c4cnn(C)c4)C3)cc(Cl)nc2nc1C. The van der Waals surface area contributed by atoms with Crippen LogP contribution in [0.3, 0.4) is 0 Å². The van der Waals surface area contributed by atoms with Gasteiger partial charge in [-0.05, 0) is 31.5 Å². The zero-order valence-corrected chi connectivity index (χ0v) is 15.3. The molecule has 4 rings (SSSR count). The Labute approximate surface area is 151 Å². The van der Waals surface area contributed by atoms with E-state index in [1.807, 2.05) is 32.4 Å². The molecular weight excluding hydrogens is 338 g/mol. The van der Waals surface area contributed by atoms with E-state index in [0.29, 0.717) is 17.4 Å². The lowest BCUT2D eigenvalue weighted by Crippen LogP contribution is -2.38. The normalized spacial score (nSPS) is 18.1. The third-order valence-electron chi connectivity index (χ3n) is 4.69.